The lowest BCUT2D eigenvalue weighted by Crippen LogP contribution is -2.34. The first-order valence-corrected chi connectivity index (χ1v) is 8.60. The second-order valence-electron chi connectivity index (χ2n) is 6.69. The predicted molar refractivity (Wildman–Crippen MR) is 95.8 cm³/mol. The Morgan fingerprint density at radius 3 is 1.88 bits per heavy atom. The molecule has 1 aromatic heterocycles. The smallest absolute Gasteiger partial charge is 0.337 e. The largest absolute Gasteiger partial charge is 0.460 e. The summed E-state index contributed by atoms with van der Waals surface area (Å²) in [7, 11) is 0. The van der Waals surface area contributed by atoms with Crippen LogP contribution in [0.1, 0.15) is 53.2 Å². The van der Waals surface area contributed by atoms with Gasteiger partial charge in [0.25, 0.3) is 0 Å². The zero-order chi connectivity index (χ0) is 19.4. The fourth-order valence-electron chi connectivity index (χ4n) is 2.85. The lowest BCUT2D eigenvalue weighted by Gasteiger charge is -2.30. The van der Waals surface area contributed by atoms with E-state index in [-0.39, 0.29) is 12.2 Å². The molecule has 26 heavy (non-hydrogen) atoms. The molecular weight excluding hydrogens is 334 g/mol. The van der Waals surface area contributed by atoms with E-state index in [1.807, 2.05) is 0 Å². The van der Waals surface area contributed by atoms with Gasteiger partial charge >= 0.3 is 11.9 Å². The molecule has 0 aliphatic carbocycles. The summed E-state index contributed by atoms with van der Waals surface area (Å²) in [6.07, 6.45) is 0.961. The Bertz CT molecular complexity index is 707. The van der Waals surface area contributed by atoms with Gasteiger partial charge < -0.3 is 14.8 Å². The molecule has 0 unspecified atom stereocenters. The van der Waals surface area contributed by atoms with E-state index in [4.69, 9.17) is 9.47 Å². The normalized spacial score (nSPS) is 15.4. The molecule has 2 heterocycles. The van der Waals surface area contributed by atoms with Crippen molar-refractivity contribution in [1.82, 2.24) is 15.5 Å². The van der Waals surface area contributed by atoms with Crippen LogP contribution in [0.4, 0.5) is 0 Å². The molecule has 1 N–H and O–H groups in total. The van der Waals surface area contributed by atoms with Crippen LogP contribution >= 0.6 is 0 Å². The Kier molecular flexibility index (Phi) is 6.13. The average Bonchev–Trinajstić information content (AvgIpc) is 2.53. The van der Waals surface area contributed by atoms with E-state index in [1.165, 1.54) is 6.20 Å². The van der Waals surface area contributed by atoms with E-state index in [0.29, 0.717) is 28.2 Å². The minimum atomic E-state index is -0.706. The summed E-state index contributed by atoms with van der Waals surface area (Å²) in [5.74, 6) is -1.70. The molecule has 1 aliphatic heterocycles. The lowest BCUT2D eigenvalue weighted by molar-refractivity contribution is -0.143. The molecule has 1 aliphatic rings. The van der Waals surface area contributed by atoms with Gasteiger partial charge in [0.05, 0.1) is 35.0 Å². The zero-order valence-corrected chi connectivity index (χ0v) is 16.0. The van der Waals surface area contributed by atoms with Crippen LogP contribution in [0.3, 0.4) is 0 Å². The van der Waals surface area contributed by atoms with Crippen molar-refractivity contribution in [2.45, 2.75) is 59.7 Å². The van der Waals surface area contributed by atoms with Crippen molar-refractivity contribution < 1.29 is 19.1 Å². The summed E-state index contributed by atoms with van der Waals surface area (Å²) < 4.78 is 10.8. The van der Waals surface area contributed by atoms with Crippen LogP contribution in [0.5, 0.6) is 0 Å². The Balaban J connectivity index is 2.58. The van der Waals surface area contributed by atoms with Crippen LogP contribution in [-0.4, -0.2) is 34.3 Å². The quantitative estimate of drug-likeness (QED) is 0.808. The van der Waals surface area contributed by atoms with E-state index in [9.17, 15) is 9.59 Å². The average molecular weight is 359 g/mol. The Labute approximate surface area is 153 Å². The van der Waals surface area contributed by atoms with Crippen molar-refractivity contribution in [1.29, 1.82) is 0 Å². The Morgan fingerprint density at radius 2 is 1.50 bits per heavy atom. The number of nitrogens with one attached hydrogen (secondary N) is 1. The number of carbonyl (C=O) groups is 2. The summed E-state index contributed by atoms with van der Waals surface area (Å²) in [6.45, 7) is 10.6. The summed E-state index contributed by atoms with van der Waals surface area (Å²) >= 11 is 0. The highest BCUT2D eigenvalue weighted by molar-refractivity contribution is 5.99. The molecule has 1 aromatic rings. The molecular formula is C19H25N3O4. The van der Waals surface area contributed by atoms with Gasteiger partial charge in [0.2, 0.25) is 0 Å². The van der Waals surface area contributed by atoms with Crippen molar-refractivity contribution in [3.05, 3.63) is 46.6 Å². The molecule has 0 amide bonds. The number of nitrogens with zero attached hydrogens (tertiary/aromatic N) is 2. The number of hydrogen-bond acceptors (Lipinski definition) is 7. The number of esters is 2. The molecule has 0 aromatic carbocycles. The van der Waals surface area contributed by atoms with Crippen LogP contribution in [0.25, 0.3) is 0 Å². The fraction of sp³-hybridized carbons (Fsp3) is 0.474. The van der Waals surface area contributed by atoms with Crippen molar-refractivity contribution in [2.75, 3.05) is 0 Å². The van der Waals surface area contributed by atoms with Gasteiger partial charge in [-0.2, -0.15) is 10.2 Å². The van der Waals surface area contributed by atoms with Gasteiger partial charge in [-0.3, -0.25) is 0 Å². The van der Waals surface area contributed by atoms with Crippen molar-refractivity contribution >= 4 is 11.9 Å². The minimum absolute atomic E-state index is 0.289. The van der Waals surface area contributed by atoms with Gasteiger partial charge in [0.1, 0.15) is 0 Å². The zero-order valence-electron chi connectivity index (χ0n) is 16.0. The number of allylic oxidation sites excluding steroid dienone is 2. The van der Waals surface area contributed by atoms with E-state index >= 15 is 0 Å². The highest BCUT2D eigenvalue weighted by Gasteiger charge is 2.39. The van der Waals surface area contributed by atoms with E-state index in [1.54, 1.807) is 53.7 Å². The van der Waals surface area contributed by atoms with Gasteiger partial charge in [-0.15, -0.1) is 0 Å². The fourth-order valence-corrected chi connectivity index (χ4v) is 2.85. The highest BCUT2D eigenvalue weighted by Crippen LogP contribution is 2.38. The molecule has 0 radical (unpaired) electrons. The second kappa shape index (κ2) is 8.12. The minimum Gasteiger partial charge on any atom is -0.460 e. The van der Waals surface area contributed by atoms with Gasteiger partial charge in [-0.1, -0.05) is 0 Å². The van der Waals surface area contributed by atoms with Crippen molar-refractivity contribution in [3.63, 3.8) is 0 Å². The number of carbonyl (C=O) groups excluding carboxylic acids is 2. The van der Waals surface area contributed by atoms with Crippen LogP contribution in [-0.2, 0) is 19.1 Å². The third kappa shape index (κ3) is 4.28. The number of aromatic nitrogens is 2. The molecule has 2 rings (SSSR count). The number of dihydropyridines is 1. The van der Waals surface area contributed by atoms with Gasteiger partial charge in [-0.05, 0) is 53.7 Å². The molecule has 7 heteroatoms. The van der Waals surface area contributed by atoms with Crippen LogP contribution in [0, 0.1) is 0 Å². The maximum Gasteiger partial charge on any atom is 0.337 e. The molecule has 0 fully saturated rings. The molecule has 140 valence electrons. The van der Waals surface area contributed by atoms with Crippen LogP contribution in [0.15, 0.2) is 40.9 Å². The summed E-state index contributed by atoms with van der Waals surface area (Å²) in [5, 5.41) is 11.1. The highest BCUT2D eigenvalue weighted by atomic mass is 16.5. The van der Waals surface area contributed by atoms with Crippen molar-refractivity contribution in [2.24, 2.45) is 0 Å². The lowest BCUT2D eigenvalue weighted by atomic mass is 9.83. The first-order chi connectivity index (χ1) is 12.2. The topological polar surface area (TPSA) is 90.4 Å². The molecule has 7 nitrogen and oxygen atoms in total. The number of rotatable bonds is 5. The van der Waals surface area contributed by atoms with Gasteiger partial charge in [0.15, 0.2) is 0 Å². The third-order valence-corrected chi connectivity index (χ3v) is 3.77. The second-order valence-corrected chi connectivity index (χ2v) is 6.69. The maximum atomic E-state index is 12.8. The van der Waals surface area contributed by atoms with E-state index in [0.717, 1.165) is 0 Å². The predicted octanol–water partition coefficient (Wildman–Crippen LogP) is 2.61. The monoisotopic (exact) mass is 359 g/mol. The van der Waals surface area contributed by atoms with E-state index < -0.39 is 17.9 Å². The van der Waals surface area contributed by atoms with Crippen molar-refractivity contribution in [3.8, 4) is 0 Å². The number of hydrogen-bond donors (Lipinski definition) is 1. The summed E-state index contributed by atoms with van der Waals surface area (Å²) in [5.41, 5.74) is 2.38. The standard InChI is InChI=1S/C19H25N3O4/c1-10(2)25-18(23)15-12(5)21-13(6)16(19(24)26-11(3)4)17(15)14-8-7-9-20-22-14/h7-11,17,21H,1-6H3. The summed E-state index contributed by atoms with van der Waals surface area (Å²) in [4.78, 5) is 25.5. The molecule has 0 saturated heterocycles. The SMILES string of the molecule is CC1=C(C(=O)OC(C)C)C(c2cccnn2)C(C(=O)OC(C)C)=C(C)N1. The Hall–Kier alpha value is -2.70. The molecule has 0 atom stereocenters. The third-order valence-electron chi connectivity index (χ3n) is 3.77. The molecule has 0 saturated carbocycles. The van der Waals surface area contributed by atoms with Gasteiger partial charge in [0, 0.05) is 17.6 Å². The maximum absolute atomic E-state index is 12.8. The molecule has 0 bridgehead atoms. The Morgan fingerprint density at radius 1 is 1.00 bits per heavy atom. The van der Waals surface area contributed by atoms with E-state index in [2.05, 4.69) is 15.5 Å². The van der Waals surface area contributed by atoms with Gasteiger partial charge in [-0.25, -0.2) is 9.59 Å². The first kappa shape index (κ1) is 19.6. The first-order valence-electron chi connectivity index (χ1n) is 8.60. The number of ether oxygens (including phenoxy) is 2. The van der Waals surface area contributed by atoms with Crippen LogP contribution < -0.4 is 5.32 Å². The summed E-state index contributed by atoms with van der Waals surface area (Å²) in [6, 6.07) is 3.45. The molecule has 0 spiro atoms. The van der Waals surface area contributed by atoms with Crippen LogP contribution in [0.2, 0.25) is 0 Å².